The summed E-state index contributed by atoms with van der Waals surface area (Å²) in [6.07, 6.45) is 3.17. The van der Waals surface area contributed by atoms with Gasteiger partial charge in [0.05, 0.1) is 17.0 Å². The van der Waals surface area contributed by atoms with E-state index in [0.717, 1.165) is 0 Å². The van der Waals surface area contributed by atoms with Gasteiger partial charge < -0.3 is 10.8 Å². The van der Waals surface area contributed by atoms with Crippen LogP contribution in [0.1, 0.15) is 31.4 Å². The molecule has 16 heavy (non-hydrogen) atoms. The lowest BCUT2D eigenvalue weighted by molar-refractivity contribution is -0.0148. The van der Waals surface area contributed by atoms with E-state index < -0.39 is 11.8 Å². The van der Waals surface area contributed by atoms with Crippen LogP contribution < -0.4 is 5.73 Å². The molecule has 3 nitrogen and oxygen atoms in total. The number of aromatic nitrogens is 1. The van der Waals surface area contributed by atoms with Crippen LogP contribution in [0.15, 0.2) is 18.3 Å². The monoisotopic (exact) mass is 224 g/mol. The van der Waals surface area contributed by atoms with Crippen LogP contribution in [0.4, 0.5) is 10.1 Å². The molecule has 0 aromatic carbocycles. The number of nitrogens with two attached hydrogens (primary N) is 1. The van der Waals surface area contributed by atoms with Crippen molar-refractivity contribution in [3.8, 4) is 0 Å². The molecule has 2 rings (SSSR count). The molecular weight excluding hydrogens is 207 g/mol. The highest BCUT2D eigenvalue weighted by Gasteiger charge is 2.34. The Labute approximate surface area is 94.5 Å². The van der Waals surface area contributed by atoms with Gasteiger partial charge in [-0.1, -0.05) is 0 Å². The van der Waals surface area contributed by atoms with E-state index in [4.69, 9.17) is 5.73 Å². The number of rotatable bonds is 2. The van der Waals surface area contributed by atoms with E-state index in [1.54, 1.807) is 18.3 Å². The molecule has 4 heteroatoms. The highest BCUT2D eigenvalue weighted by molar-refractivity contribution is 5.42. The van der Waals surface area contributed by atoms with Crippen molar-refractivity contribution in [1.82, 2.24) is 4.98 Å². The average molecular weight is 224 g/mol. The van der Waals surface area contributed by atoms with Crippen molar-refractivity contribution < 1.29 is 9.50 Å². The number of hydrogen-bond donors (Lipinski definition) is 2. The van der Waals surface area contributed by atoms with Gasteiger partial charge in [0, 0.05) is 12.6 Å². The van der Waals surface area contributed by atoms with Gasteiger partial charge in [0.2, 0.25) is 0 Å². The fourth-order valence-corrected chi connectivity index (χ4v) is 2.21. The SMILES string of the molecule is Nc1cccnc1CC1(O)CCC(F)CC1. The van der Waals surface area contributed by atoms with Crippen molar-refractivity contribution in [2.75, 3.05) is 5.73 Å². The molecule has 0 spiro atoms. The Morgan fingerprint density at radius 2 is 2.19 bits per heavy atom. The van der Waals surface area contributed by atoms with Crippen molar-refractivity contribution in [3.05, 3.63) is 24.0 Å². The number of nitrogens with zero attached hydrogens (tertiary/aromatic N) is 1. The normalized spacial score (nSPS) is 30.2. The van der Waals surface area contributed by atoms with E-state index in [2.05, 4.69) is 4.98 Å². The summed E-state index contributed by atoms with van der Waals surface area (Å²) >= 11 is 0. The second-order valence-electron chi connectivity index (χ2n) is 4.62. The Balaban J connectivity index is 2.07. The molecule has 3 N–H and O–H groups in total. The molecule has 0 bridgehead atoms. The molecule has 0 unspecified atom stereocenters. The summed E-state index contributed by atoms with van der Waals surface area (Å²) in [5.74, 6) is 0. The quantitative estimate of drug-likeness (QED) is 0.806. The highest BCUT2D eigenvalue weighted by atomic mass is 19.1. The van der Waals surface area contributed by atoms with Crippen molar-refractivity contribution >= 4 is 5.69 Å². The minimum atomic E-state index is -0.828. The van der Waals surface area contributed by atoms with Crippen LogP contribution in [0.2, 0.25) is 0 Å². The molecular formula is C12H17FN2O. The van der Waals surface area contributed by atoms with E-state index in [9.17, 15) is 9.50 Å². The Morgan fingerprint density at radius 1 is 1.50 bits per heavy atom. The van der Waals surface area contributed by atoms with Crippen LogP contribution in [0.3, 0.4) is 0 Å². The fraction of sp³-hybridized carbons (Fsp3) is 0.583. The maximum Gasteiger partial charge on any atom is 0.100 e. The van der Waals surface area contributed by atoms with Crippen molar-refractivity contribution in [2.45, 2.75) is 43.9 Å². The van der Waals surface area contributed by atoms with Crippen LogP contribution in [0.25, 0.3) is 0 Å². The molecule has 0 atom stereocenters. The number of alkyl halides is 1. The standard InChI is InChI=1S/C12H17FN2O/c13-9-3-5-12(16,6-4-9)8-11-10(14)2-1-7-15-11/h1-2,7,9,16H,3-6,8,14H2. The first-order valence-electron chi connectivity index (χ1n) is 5.65. The van der Waals surface area contributed by atoms with Gasteiger partial charge in [0.15, 0.2) is 0 Å². The maximum absolute atomic E-state index is 13.0. The van der Waals surface area contributed by atoms with Gasteiger partial charge in [0.25, 0.3) is 0 Å². The Bertz CT molecular complexity index is 362. The minimum absolute atomic E-state index is 0.423. The third-order valence-electron chi connectivity index (χ3n) is 3.27. The molecule has 88 valence electrons. The zero-order valence-electron chi connectivity index (χ0n) is 9.19. The van der Waals surface area contributed by atoms with Crippen molar-refractivity contribution in [2.24, 2.45) is 0 Å². The smallest absolute Gasteiger partial charge is 0.100 e. The van der Waals surface area contributed by atoms with Gasteiger partial charge in [0.1, 0.15) is 6.17 Å². The Kier molecular flexibility index (Phi) is 3.10. The van der Waals surface area contributed by atoms with Gasteiger partial charge in [-0.2, -0.15) is 0 Å². The molecule has 1 aromatic heterocycles. The summed E-state index contributed by atoms with van der Waals surface area (Å²) in [5, 5.41) is 10.3. The minimum Gasteiger partial charge on any atom is -0.397 e. The molecule has 1 aliphatic rings. The zero-order chi connectivity index (χ0) is 11.6. The molecule has 0 aliphatic heterocycles. The van der Waals surface area contributed by atoms with Crippen molar-refractivity contribution in [3.63, 3.8) is 0 Å². The van der Waals surface area contributed by atoms with Gasteiger partial charge >= 0.3 is 0 Å². The summed E-state index contributed by atoms with van der Waals surface area (Å²) in [6, 6.07) is 3.54. The molecule has 1 fully saturated rings. The summed E-state index contributed by atoms with van der Waals surface area (Å²) < 4.78 is 13.0. The van der Waals surface area contributed by atoms with Crippen LogP contribution in [-0.2, 0) is 6.42 Å². The Morgan fingerprint density at radius 3 is 2.81 bits per heavy atom. The number of nitrogen functional groups attached to an aromatic ring is 1. The summed E-state index contributed by atoms with van der Waals surface area (Å²) in [5.41, 5.74) is 6.25. The summed E-state index contributed by atoms with van der Waals surface area (Å²) in [4.78, 5) is 4.16. The lowest BCUT2D eigenvalue weighted by Crippen LogP contribution is -2.37. The molecule has 1 aromatic rings. The Hall–Kier alpha value is -1.16. The third-order valence-corrected chi connectivity index (χ3v) is 3.27. The van der Waals surface area contributed by atoms with Gasteiger partial charge in [-0.15, -0.1) is 0 Å². The van der Waals surface area contributed by atoms with E-state index in [-0.39, 0.29) is 0 Å². The largest absolute Gasteiger partial charge is 0.397 e. The van der Waals surface area contributed by atoms with Crippen LogP contribution in [0.5, 0.6) is 0 Å². The second kappa shape index (κ2) is 4.37. The lowest BCUT2D eigenvalue weighted by Gasteiger charge is -2.33. The van der Waals surface area contributed by atoms with Crippen LogP contribution in [0, 0.1) is 0 Å². The average Bonchev–Trinajstić information content (AvgIpc) is 2.27. The molecule has 0 saturated heterocycles. The molecule has 1 aliphatic carbocycles. The number of anilines is 1. The predicted molar refractivity (Wildman–Crippen MR) is 60.7 cm³/mol. The van der Waals surface area contributed by atoms with Gasteiger partial charge in [-0.3, -0.25) is 4.98 Å². The summed E-state index contributed by atoms with van der Waals surface area (Å²) in [7, 11) is 0. The maximum atomic E-state index is 13.0. The topological polar surface area (TPSA) is 59.1 Å². The van der Waals surface area contributed by atoms with Crippen LogP contribution in [-0.4, -0.2) is 21.9 Å². The number of hydrogen-bond acceptors (Lipinski definition) is 3. The lowest BCUT2D eigenvalue weighted by atomic mass is 9.80. The zero-order valence-corrected chi connectivity index (χ0v) is 9.19. The van der Waals surface area contributed by atoms with E-state index >= 15 is 0 Å². The summed E-state index contributed by atoms with van der Waals surface area (Å²) in [6.45, 7) is 0. The number of pyridine rings is 1. The first-order valence-corrected chi connectivity index (χ1v) is 5.65. The molecule has 0 radical (unpaired) electrons. The third kappa shape index (κ3) is 2.50. The predicted octanol–water partition coefficient (Wildman–Crippen LogP) is 1.85. The van der Waals surface area contributed by atoms with Gasteiger partial charge in [-0.25, -0.2) is 4.39 Å². The van der Waals surface area contributed by atoms with E-state index in [0.29, 0.717) is 43.5 Å². The van der Waals surface area contributed by atoms with Crippen LogP contribution >= 0.6 is 0 Å². The second-order valence-corrected chi connectivity index (χ2v) is 4.62. The molecule has 1 saturated carbocycles. The fourth-order valence-electron chi connectivity index (χ4n) is 2.21. The first-order chi connectivity index (χ1) is 7.59. The van der Waals surface area contributed by atoms with E-state index in [1.807, 2.05) is 0 Å². The number of halogens is 1. The van der Waals surface area contributed by atoms with E-state index in [1.165, 1.54) is 0 Å². The van der Waals surface area contributed by atoms with Crippen molar-refractivity contribution in [1.29, 1.82) is 0 Å². The highest BCUT2D eigenvalue weighted by Crippen LogP contribution is 2.33. The molecule has 1 heterocycles. The number of aliphatic hydroxyl groups is 1. The molecule has 0 amide bonds. The van der Waals surface area contributed by atoms with Gasteiger partial charge in [-0.05, 0) is 37.8 Å². The first kappa shape index (κ1) is 11.3.